The Morgan fingerprint density at radius 1 is 1.33 bits per heavy atom. The maximum absolute atomic E-state index is 13.8. The van der Waals surface area contributed by atoms with Crippen molar-refractivity contribution in [2.24, 2.45) is 0 Å². The van der Waals surface area contributed by atoms with E-state index < -0.39 is 49.6 Å². The van der Waals surface area contributed by atoms with E-state index in [0.29, 0.717) is 12.1 Å². The van der Waals surface area contributed by atoms with Crippen molar-refractivity contribution in [2.45, 2.75) is 4.90 Å². The molecular formula is C12H11F2NO5S. The van der Waals surface area contributed by atoms with Gasteiger partial charge in [0.15, 0.2) is 15.7 Å². The summed E-state index contributed by atoms with van der Waals surface area (Å²) in [5.41, 5.74) is -1.39. The highest BCUT2D eigenvalue weighted by molar-refractivity contribution is 7.92. The zero-order chi connectivity index (χ0) is 16.2. The van der Waals surface area contributed by atoms with E-state index in [1.165, 1.54) is 6.08 Å². The summed E-state index contributed by atoms with van der Waals surface area (Å²) in [4.78, 5) is 21.0. The molecule has 0 saturated carbocycles. The van der Waals surface area contributed by atoms with Crippen molar-refractivity contribution in [2.75, 3.05) is 12.3 Å². The monoisotopic (exact) mass is 319 g/mol. The number of sulfone groups is 1. The number of carboxylic acid groups (broad SMARTS) is 1. The summed E-state index contributed by atoms with van der Waals surface area (Å²) in [7, 11) is -4.44. The van der Waals surface area contributed by atoms with Crippen molar-refractivity contribution in [3.8, 4) is 0 Å². The predicted octanol–water partition coefficient (Wildman–Crippen LogP) is 0.739. The van der Waals surface area contributed by atoms with Crippen molar-refractivity contribution in [3.05, 3.63) is 42.0 Å². The van der Waals surface area contributed by atoms with Gasteiger partial charge in [-0.25, -0.2) is 22.0 Å². The summed E-state index contributed by atoms with van der Waals surface area (Å²) in [5.74, 6) is -7.11. The first kappa shape index (κ1) is 16.8. The lowest BCUT2D eigenvalue weighted by atomic mass is 10.2. The second kappa shape index (κ2) is 6.44. The number of benzene rings is 1. The number of carboxylic acids is 1. The number of carbonyl (C=O) groups is 2. The van der Waals surface area contributed by atoms with Gasteiger partial charge in [0.05, 0.1) is 0 Å². The van der Waals surface area contributed by atoms with E-state index in [9.17, 15) is 26.8 Å². The van der Waals surface area contributed by atoms with Gasteiger partial charge in [-0.2, -0.15) is 0 Å². The van der Waals surface area contributed by atoms with Gasteiger partial charge in [-0.3, -0.25) is 4.79 Å². The fraction of sp³-hybridized carbons (Fsp3) is 0.167. The Balaban J connectivity index is 3.21. The number of carbonyl (C=O) groups excluding carboxylic acids is 1. The molecule has 21 heavy (non-hydrogen) atoms. The van der Waals surface area contributed by atoms with Gasteiger partial charge in [0, 0.05) is 6.54 Å². The number of hydrogen-bond acceptors (Lipinski definition) is 4. The Bertz CT molecular complexity index is 700. The van der Waals surface area contributed by atoms with Crippen LogP contribution in [-0.2, 0) is 14.6 Å². The Morgan fingerprint density at radius 3 is 2.48 bits per heavy atom. The molecule has 0 aliphatic carbocycles. The van der Waals surface area contributed by atoms with Gasteiger partial charge < -0.3 is 10.4 Å². The molecule has 0 unspecified atom stereocenters. The quantitative estimate of drug-likeness (QED) is 0.595. The maximum Gasteiger partial charge on any atom is 0.341 e. The van der Waals surface area contributed by atoms with Crippen LogP contribution in [0.3, 0.4) is 0 Å². The molecule has 0 aliphatic rings. The van der Waals surface area contributed by atoms with Gasteiger partial charge >= 0.3 is 5.97 Å². The molecule has 2 N–H and O–H groups in total. The fourth-order valence-corrected chi connectivity index (χ4v) is 2.71. The van der Waals surface area contributed by atoms with E-state index in [-0.39, 0.29) is 6.54 Å². The molecular weight excluding hydrogens is 308 g/mol. The smallest absolute Gasteiger partial charge is 0.341 e. The molecule has 0 fully saturated rings. The van der Waals surface area contributed by atoms with Gasteiger partial charge in [-0.15, -0.1) is 6.58 Å². The van der Waals surface area contributed by atoms with Crippen molar-refractivity contribution in [3.63, 3.8) is 0 Å². The van der Waals surface area contributed by atoms with Gasteiger partial charge in [0.2, 0.25) is 5.91 Å². The Hall–Kier alpha value is -2.29. The number of nitrogens with one attached hydrogen (secondary N) is 1. The van der Waals surface area contributed by atoms with Gasteiger partial charge in [0.1, 0.15) is 22.0 Å². The van der Waals surface area contributed by atoms with Crippen molar-refractivity contribution < 1.29 is 31.9 Å². The van der Waals surface area contributed by atoms with E-state index in [1.807, 2.05) is 0 Å². The first-order chi connectivity index (χ1) is 9.70. The number of amides is 1. The Kier molecular flexibility index (Phi) is 5.14. The lowest BCUT2D eigenvalue weighted by molar-refractivity contribution is -0.118. The lowest BCUT2D eigenvalue weighted by Crippen LogP contribution is -2.30. The number of rotatable bonds is 6. The zero-order valence-corrected chi connectivity index (χ0v) is 11.4. The lowest BCUT2D eigenvalue weighted by Gasteiger charge is -2.08. The Morgan fingerprint density at radius 2 is 1.95 bits per heavy atom. The zero-order valence-electron chi connectivity index (χ0n) is 10.6. The van der Waals surface area contributed by atoms with Crippen LogP contribution in [0.15, 0.2) is 29.7 Å². The third-order valence-electron chi connectivity index (χ3n) is 2.37. The van der Waals surface area contributed by atoms with Crippen molar-refractivity contribution >= 4 is 21.7 Å². The molecule has 0 saturated heterocycles. The highest BCUT2D eigenvalue weighted by atomic mass is 32.2. The molecule has 0 bridgehead atoms. The average molecular weight is 319 g/mol. The van der Waals surface area contributed by atoms with Gasteiger partial charge in [-0.1, -0.05) is 6.08 Å². The van der Waals surface area contributed by atoms with Crippen LogP contribution in [0.4, 0.5) is 8.78 Å². The summed E-state index contributed by atoms with van der Waals surface area (Å²) in [6.07, 6.45) is 1.31. The van der Waals surface area contributed by atoms with Crippen LogP contribution in [0, 0.1) is 11.6 Å². The molecule has 0 aliphatic heterocycles. The molecule has 1 aromatic rings. The van der Waals surface area contributed by atoms with Crippen LogP contribution in [0.5, 0.6) is 0 Å². The highest BCUT2D eigenvalue weighted by Gasteiger charge is 2.28. The molecule has 1 amide bonds. The van der Waals surface area contributed by atoms with Crippen molar-refractivity contribution in [1.82, 2.24) is 5.32 Å². The van der Waals surface area contributed by atoms with Crippen molar-refractivity contribution in [1.29, 1.82) is 0 Å². The van der Waals surface area contributed by atoms with E-state index in [0.717, 1.165) is 0 Å². The van der Waals surface area contributed by atoms with E-state index in [2.05, 4.69) is 11.9 Å². The molecule has 1 aromatic carbocycles. The molecule has 9 heteroatoms. The van der Waals surface area contributed by atoms with E-state index in [1.54, 1.807) is 0 Å². The molecule has 6 nitrogen and oxygen atoms in total. The molecule has 0 radical (unpaired) electrons. The topological polar surface area (TPSA) is 101 Å². The summed E-state index contributed by atoms with van der Waals surface area (Å²) >= 11 is 0. The minimum atomic E-state index is -4.44. The van der Waals surface area contributed by atoms with Gasteiger partial charge in [-0.05, 0) is 12.1 Å². The standard InChI is InChI=1S/C12H11F2NO5S/c1-2-5-15-9(16)6-21(19,20)8-4-3-7(13)10(11(8)14)12(17)18/h2-4H,1,5-6H2,(H,15,16)(H,17,18). The van der Waals surface area contributed by atoms with Crippen LogP contribution < -0.4 is 5.32 Å². The van der Waals surface area contributed by atoms with Crippen LogP contribution in [-0.4, -0.2) is 37.7 Å². The predicted molar refractivity (Wildman–Crippen MR) is 68.6 cm³/mol. The number of hydrogen-bond donors (Lipinski definition) is 2. The summed E-state index contributed by atoms with van der Waals surface area (Å²) in [6.45, 7) is 3.33. The van der Waals surface area contributed by atoms with E-state index in [4.69, 9.17) is 5.11 Å². The normalized spacial score (nSPS) is 11.0. The third kappa shape index (κ3) is 3.85. The van der Waals surface area contributed by atoms with Gasteiger partial charge in [0.25, 0.3) is 0 Å². The molecule has 0 heterocycles. The van der Waals surface area contributed by atoms with E-state index >= 15 is 0 Å². The van der Waals surface area contributed by atoms with Crippen LogP contribution in [0.25, 0.3) is 0 Å². The number of aromatic carboxylic acids is 1. The summed E-state index contributed by atoms with van der Waals surface area (Å²) in [6, 6.07) is 1.09. The molecule has 0 aromatic heterocycles. The molecule has 114 valence electrons. The van der Waals surface area contributed by atoms with Crippen LogP contribution in [0.2, 0.25) is 0 Å². The Labute approximate surface area is 119 Å². The SMILES string of the molecule is C=CCNC(=O)CS(=O)(=O)c1ccc(F)c(C(=O)O)c1F. The summed E-state index contributed by atoms with van der Waals surface area (Å²) < 4.78 is 50.8. The average Bonchev–Trinajstić information content (AvgIpc) is 2.34. The van der Waals surface area contributed by atoms with Crippen LogP contribution in [0.1, 0.15) is 10.4 Å². The fourth-order valence-electron chi connectivity index (χ4n) is 1.46. The molecule has 1 rings (SSSR count). The molecule has 0 atom stereocenters. The molecule has 0 spiro atoms. The minimum Gasteiger partial charge on any atom is -0.477 e. The second-order valence-electron chi connectivity index (χ2n) is 3.89. The summed E-state index contributed by atoms with van der Waals surface area (Å²) in [5, 5.41) is 10.8. The minimum absolute atomic E-state index is 0.0145. The first-order valence-corrected chi connectivity index (χ1v) is 7.17. The second-order valence-corrected chi connectivity index (χ2v) is 5.85. The third-order valence-corrected chi connectivity index (χ3v) is 4.00. The number of halogens is 2. The maximum atomic E-state index is 13.8. The first-order valence-electron chi connectivity index (χ1n) is 5.52. The van der Waals surface area contributed by atoms with Crippen LogP contribution >= 0.6 is 0 Å². The largest absolute Gasteiger partial charge is 0.477 e. The highest BCUT2D eigenvalue weighted by Crippen LogP contribution is 2.22.